The maximum absolute atomic E-state index is 5.59. The zero-order chi connectivity index (χ0) is 12.3. The van der Waals surface area contributed by atoms with Crippen LogP contribution in [-0.2, 0) is 0 Å². The summed E-state index contributed by atoms with van der Waals surface area (Å²) in [6.07, 6.45) is 4.76. The number of nitrogens with two attached hydrogens (primary N) is 1. The molecule has 0 atom stereocenters. The number of aryl methyl sites for hydroxylation is 2. The van der Waals surface area contributed by atoms with Gasteiger partial charge in [0.25, 0.3) is 0 Å². The SMILES string of the molecule is Cc1nnc(N(CCCN)C2CCC2)nc1C. The third-order valence-electron chi connectivity index (χ3n) is 3.46. The van der Waals surface area contributed by atoms with Crippen molar-refractivity contribution in [3.63, 3.8) is 0 Å². The van der Waals surface area contributed by atoms with Gasteiger partial charge in [-0.1, -0.05) is 0 Å². The Hall–Kier alpha value is -1.23. The van der Waals surface area contributed by atoms with E-state index in [4.69, 9.17) is 5.73 Å². The normalized spacial score (nSPS) is 15.7. The number of hydrogen-bond donors (Lipinski definition) is 1. The Labute approximate surface area is 102 Å². The minimum Gasteiger partial charge on any atom is -0.336 e. The summed E-state index contributed by atoms with van der Waals surface area (Å²) in [5, 5.41) is 8.38. The van der Waals surface area contributed by atoms with Crippen molar-refractivity contribution in [3.8, 4) is 0 Å². The highest BCUT2D eigenvalue weighted by Gasteiger charge is 2.26. The van der Waals surface area contributed by atoms with Crippen LogP contribution in [0.5, 0.6) is 0 Å². The Kier molecular flexibility index (Phi) is 3.89. The summed E-state index contributed by atoms with van der Waals surface area (Å²) in [5.41, 5.74) is 7.45. The van der Waals surface area contributed by atoms with Crippen LogP contribution in [0.2, 0.25) is 0 Å². The van der Waals surface area contributed by atoms with Crippen LogP contribution < -0.4 is 10.6 Å². The van der Waals surface area contributed by atoms with Crippen molar-refractivity contribution >= 4 is 5.95 Å². The van der Waals surface area contributed by atoms with E-state index in [-0.39, 0.29) is 0 Å². The van der Waals surface area contributed by atoms with Gasteiger partial charge in [0.2, 0.25) is 5.95 Å². The summed E-state index contributed by atoms with van der Waals surface area (Å²) in [5.74, 6) is 0.770. The Bertz CT molecular complexity index is 375. The van der Waals surface area contributed by atoms with Gasteiger partial charge in [0, 0.05) is 12.6 Å². The topological polar surface area (TPSA) is 67.9 Å². The molecule has 5 heteroatoms. The third-order valence-corrected chi connectivity index (χ3v) is 3.46. The second-order valence-corrected chi connectivity index (χ2v) is 4.70. The standard InChI is InChI=1S/C12H21N5/c1-9-10(2)15-16-12(14-9)17(8-4-7-13)11-5-3-6-11/h11H,3-8,13H2,1-2H3. The molecule has 1 heterocycles. The first-order valence-corrected chi connectivity index (χ1v) is 6.37. The van der Waals surface area contributed by atoms with Gasteiger partial charge in [0.1, 0.15) is 0 Å². The highest BCUT2D eigenvalue weighted by atomic mass is 15.3. The van der Waals surface area contributed by atoms with Gasteiger partial charge in [0.15, 0.2) is 0 Å². The lowest BCUT2D eigenvalue weighted by molar-refractivity contribution is 0.379. The van der Waals surface area contributed by atoms with Crippen LogP contribution in [0.25, 0.3) is 0 Å². The van der Waals surface area contributed by atoms with Crippen LogP contribution >= 0.6 is 0 Å². The average molecular weight is 235 g/mol. The zero-order valence-corrected chi connectivity index (χ0v) is 10.7. The van der Waals surface area contributed by atoms with E-state index in [2.05, 4.69) is 20.1 Å². The number of aromatic nitrogens is 3. The molecule has 2 rings (SSSR count). The van der Waals surface area contributed by atoms with E-state index in [0.717, 1.165) is 30.3 Å². The van der Waals surface area contributed by atoms with Gasteiger partial charge >= 0.3 is 0 Å². The Morgan fingerprint density at radius 1 is 1.24 bits per heavy atom. The van der Waals surface area contributed by atoms with Crippen molar-refractivity contribution in [1.82, 2.24) is 15.2 Å². The Balaban J connectivity index is 2.15. The summed E-state index contributed by atoms with van der Waals surface area (Å²) in [6.45, 7) is 5.56. The quantitative estimate of drug-likeness (QED) is 0.830. The minimum absolute atomic E-state index is 0.588. The second kappa shape index (κ2) is 5.40. The van der Waals surface area contributed by atoms with Gasteiger partial charge in [-0.15, -0.1) is 5.10 Å². The lowest BCUT2D eigenvalue weighted by atomic mass is 9.91. The van der Waals surface area contributed by atoms with Crippen molar-refractivity contribution < 1.29 is 0 Å². The highest BCUT2D eigenvalue weighted by molar-refractivity contribution is 5.32. The molecular weight excluding hydrogens is 214 g/mol. The fourth-order valence-electron chi connectivity index (χ4n) is 1.97. The van der Waals surface area contributed by atoms with Crippen LogP contribution in [-0.4, -0.2) is 34.3 Å². The minimum atomic E-state index is 0.588. The summed E-state index contributed by atoms with van der Waals surface area (Å²) >= 11 is 0. The smallest absolute Gasteiger partial charge is 0.245 e. The lowest BCUT2D eigenvalue weighted by Gasteiger charge is -2.37. The number of nitrogens with zero attached hydrogens (tertiary/aromatic N) is 4. The van der Waals surface area contributed by atoms with E-state index in [1.165, 1.54) is 19.3 Å². The van der Waals surface area contributed by atoms with Gasteiger partial charge in [0.05, 0.1) is 11.4 Å². The molecule has 0 aliphatic heterocycles. The van der Waals surface area contributed by atoms with Crippen molar-refractivity contribution in [3.05, 3.63) is 11.4 Å². The molecule has 2 N–H and O–H groups in total. The number of anilines is 1. The molecule has 0 bridgehead atoms. The molecule has 0 unspecified atom stereocenters. The first-order valence-electron chi connectivity index (χ1n) is 6.37. The van der Waals surface area contributed by atoms with E-state index in [1.807, 2.05) is 13.8 Å². The molecule has 0 aromatic carbocycles. The predicted octanol–water partition coefficient (Wildman–Crippen LogP) is 1.20. The molecule has 0 spiro atoms. The zero-order valence-electron chi connectivity index (χ0n) is 10.7. The Morgan fingerprint density at radius 2 is 2.00 bits per heavy atom. The van der Waals surface area contributed by atoms with Crippen molar-refractivity contribution in [2.45, 2.75) is 45.6 Å². The highest BCUT2D eigenvalue weighted by Crippen LogP contribution is 2.27. The molecule has 94 valence electrons. The molecule has 0 amide bonds. The molecule has 1 saturated carbocycles. The van der Waals surface area contributed by atoms with Gasteiger partial charge in [-0.2, -0.15) is 5.10 Å². The monoisotopic (exact) mass is 235 g/mol. The second-order valence-electron chi connectivity index (χ2n) is 4.70. The average Bonchev–Trinajstić information content (AvgIpc) is 2.25. The molecule has 1 aromatic rings. The molecule has 5 nitrogen and oxygen atoms in total. The van der Waals surface area contributed by atoms with Gasteiger partial charge in [-0.05, 0) is 46.1 Å². The van der Waals surface area contributed by atoms with E-state index in [9.17, 15) is 0 Å². The molecule has 0 radical (unpaired) electrons. The number of hydrogen-bond acceptors (Lipinski definition) is 5. The maximum atomic E-state index is 5.59. The summed E-state index contributed by atoms with van der Waals surface area (Å²) in [4.78, 5) is 6.81. The fraction of sp³-hybridized carbons (Fsp3) is 0.750. The van der Waals surface area contributed by atoms with E-state index >= 15 is 0 Å². The fourth-order valence-corrected chi connectivity index (χ4v) is 1.97. The van der Waals surface area contributed by atoms with Crippen LogP contribution in [0.4, 0.5) is 5.95 Å². The molecule has 17 heavy (non-hydrogen) atoms. The van der Waals surface area contributed by atoms with Crippen LogP contribution in [0.15, 0.2) is 0 Å². The van der Waals surface area contributed by atoms with Crippen molar-refractivity contribution in [2.24, 2.45) is 5.73 Å². The first kappa shape index (κ1) is 12.2. The predicted molar refractivity (Wildman–Crippen MR) is 68.0 cm³/mol. The molecular formula is C12H21N5. The molecule has 1 aliphatic carbocycles. The Morgan fingerprint density at radius 3 is 2.53 bits per heavy atom. The summed E-state index contributed by atoms with van der Waals surface area (Å²) in [7, 11) is 0. The van der Waals surface area contributed by atoms with E-state index in [0.29, 0.717) is 12.6 Å². The van der Waals surface area contributed by atoms with Gasteiger partial charge in [-0.3, -0.25) is 0 Å². The lowest BCUT2D eigenvalue weighted by Crippen LogP contribution is -2.42. The maximum Gasteiger partial charge on any atom is 0.245 e. The van der Waals surface area contributed by atoms with E-state index < -0.39 is 0 Å². The molecule has 1 aromatic heterocycles. The number of rotatable bonds is 5. The molecule has 1 aliphatic rings. The summed E-state index contributed by atoms with van der Waals surface area (Å²) in [6, 6.07) is 0.588. The van der Waals surface area contributed by atoms with Crippen LogP contribution in [0.1, 0.15) is 37.1 Å². The van der Waals surface area contributed by atoms with Crippen molar-refractivity contribution in [2.75, 3.05) is 18.0 Å². The molecule has 0 saturated heterocycles. The van der Waals surface area contributed by atoms with E-state index in [1.54, 1.807) is 0 Å². The molecule has 1 fully saturated rings. The summed E-state index contributed by atoms with van der Waals surface area (Å²) < 4.78 is 0. The van der Waals surface area contributed by atoms with Gasteiger partial charge in [-0.25, -0.2) is 4.98 Å². The van der Waals surface area contributed by atoms with Gasteiger partial charge < -0.3 is 10.6 Å². The third kappa shape index (κ3) is 2.72. The van der Waals surface area contributed by atoms with Crippen LogP contribution in [0.3, 0.4) is 0 Å². The van der Waals surface area contributed by atoms with Crippen molar-refractivity contribution in [1.29, 1.82) is 0 Å². The van der Waals surface area contributed by atoms with Crippen LogP contribution in [0, 0.1) is 13.8 Å². The largest absolute Gasteiger partial charge is 0.336 e. The first-order chi connectivity index (χ1) is 8.22.